The molecule has 1 saturated heterocycles. The molecule has 9 heteroatoms. The first-order valence-corrected chi connectivity index (χ1v) is 18.2. The Morgan fingerprint density at radius 3 is 2.27 bits per heavy atom. The third kappa shape index (κ3) is 5.35. The molecule has 274 valence electrons. The molecular weight excluding hydrogens is 630 g/mol. The molecule has 0 unspecified atom stereocenters. The molecule has 48 heavy (non-hydrogen) atoms. The number of hydrogen-bond donors (Lipinski definition) is 2. The summed E-state index contributed by atoms with van der Waals surface area (Å²) >= 11 is 0. The minimum atomic E-state index is -1.05. The zero-order valence-corrected chi connectivity index (χ0v) is 32.5. The van der Waals surface area contributed by atoms with Gasteiger partial charge in [-0.3, -0.25) is 14.4 Å². The van der Waals surface area contributed by atoms with E-state index in [2.05, 4.69) is 67.6 Å². The van der Waals surface area contributed by atoms with Crippen LogP contribution in [0, 0.1) is 62.6 Å². The normalized spacial score (nSPS) is 43.9. The molecule has 3 saturated carbocycles. The number of aliphatic carboxylic acids is 1. The maximum Gasteiger partial charge on any atom is 0.308 e. The Bertz CT molecular complexity index is 1320. The van der Waals surface area contributed by atoms with Crippen LogP contribution in [0.4, 0.5) is 0 Å². The van der Waals surface area contributed by atoms with Gasteiger partial charge in [-0.2, -0.15) is 0 Å². The summed E-state index contributed by atoms with van der Waals surface area (Å²) in [6, 6.07) is 0. The number of hydrogen-bond acceptors (Lipinski definition) is 7. The molecular formula is C39H64ClNO7. The van der Waals surface area contributed by atoms with Gasteiger partial charge in [-0.25, -0.2) is 0 Å². The number of rotatable bonds is 9. The number of carboxylic acid groups (broad SMARTS) is 1. The van der Waals surface area contributed by atoms with E-state index < -0.39 is 45.1 Å². The van der Waals surface area contributed by atoms with Crippen molar-refractivity contribution in [2.45, 2.75) is 126 Å². The predicted octanol–water partition coefficient (Wildman–Crippen LogP) is 7.13. The molecule has 1 aliphatic heterocycles. The van der Waals surface area contributed by atoms with Crippen LogP contribution in [-0.4, -0.2) is 67.4 Å². The van der Waals surface area contributed by atoms with Gasteiger partial charge in [-0.05, 0) is 92.6 Å². The number of carbonyl (C=O) groups excluding carboxylic acids is 2. The lowest BCUT2D eigenvalue weighted by Crippen LogP contribution is -2.71. The number of ether oxygens (including phenoxy) is 3. The van der Waals surface area contributed by atoms with E-state index in [9.17, 15) is 19.5 Å². The van der Waals surface area contributed by atoms with E-state index in [1.165, 1.54) is 6.92 Å². The van der Waals surface area contributed by atoms with Crippen molar-refractivity contribution in [2.24, 2.45) is 62.6 Å². The van der Waals surface area contributed by atoms with Crippen molar-refractivity contribution in [2.75, 3.05) is 26.9 Å². The first kappa shape index (κ1) is 39.3. The van der Waals surface area contributed by atoms with Crippen LogP contribution >= 0.6 is 12.4 Å². The number of allylic oxidation sites excluding steroid dienone is 1. The van der Waals surface area contributed by atoms with E-state index in [0.717, 1.165) is 31.3 Å². The molecule has 0 amide bonds. The molecule has 0 aromatic heterocycles. The van der Waals surface area contributed by atoms with Crippen molar-refractivity contribution in [1.82, 2.24) is 5.32 Å². The lowest BCUT2D eigenvalue weighted by molar-refractivity contribution is -0.268. The number of carbonyl (C=O) groups is 3. The fourth-order valence-corrected chi connectivity index (χ4v) is 11.8. The van der Waals surface area contributed by atoms with Gasteiger partial charge < -0.3 is 24.6 Å². The number of ketones is 1. The predicted molar refractivity (Wildman–Crippen MR) is 189 cm³/mol. The molecule has 2 bridgehead atoms. The summed E-state index contributed by atoms with van der Waals surface area (Å²) in [5, 5.41) is 14.4. The zero-order chi connectivity index (χ0) is 35.1. The largest absolute Gasteiger partial charge is 0.481 e. The fourth-order valence-electron chi connectivity index (χ4n) is 11.8. The number of nitrogens with one attached hydrogen (secondary N) is 1. The van der Waals surface area contributed by atoms with E-state index in [-0.39, 0.29) is 53.6 Å². The van der Waals surface area contributed by atoms with E-state index in [4.69, 9.17) is 14.2 Å². The van der Waals surface area contributed by atoms with Crippen LogP contribution in [0.5, 0.6) is 0 Å². The highest BCUT2D eigenvalue weighted by Gasteiger charge is 2.74. The van der Waals surface area contributed by atoms with Crippen molar-refractivity contribution in [3.05, 3.63) is 11.6 Å². The zero-order valence-electron chi connectivity index (χ0n) is 31.7. The van der Waals surface area contributed by atoms with Gasteiger partial charge in [0.15, 0.2) is 5.78 Å². The Morgan fingerprint density at radius 2 is 1.73 bits per heavy atom. The van der Waals surface area contributed by atoms with Crippen molar-refractivity contribution in [1.29, 1.82) is 0 Å². The van der Waals surface area contributed by atoms with E-state index >= 15 is 0 Å². The third-order valence-electron chi connectivity index (χ3n) is 15.7. The van der Waals surface area contributed by atoms with Crippen LogP contribution in [-0.2, 0) is 28.6 Å². The maximum atomic E-state index is 14.9. The monoisotopic (exact) mass is 693 g/mol. The molecule has 0 spiro atoms. The average Bonchev–Trinajstić information content (AvgIpc) is 2.97. The summed E-state index contributed by atoms with van der Waals surface area (Å²) in [5.74, 6) is -1.08. The topological polar surface area (TPSA) is 111 Å². The standard InChI is InChI=1S/C39H63NO7.ClH/c1-22(2)24(5)34(7)15-16-36(9)26-13-14-29-35(8)19-45-21-39(29,27(26)17-30(42)38(36,11)31(34)33(43)44)18-28(47-25(6)41)32(35)46-20-37(10,40-12)23(3)4;/h17,22-24,26,28-29,31-32,40H,13-16,18-21H2,1-12H3,(H,43,44);1H/t24-,26+,28-,29+,31-,32+,34-,35+,36-,37-,38+,39+;/m1./s1. The van der Waals surface area contributed by atoms with Crippen LogP contribution in [0.25, 0.3) is 0 Å². The summed E-state index contributed by atoms with van der Waals surface area (Å²) in [6.45, 7) is 24.4. The van der Waals surface area contributed by atoms with E-state index in [0.29, 0.717) is 38.1 Å². The van der Waals surface area contributed by atoms with Crippen LogP contribution in [0.1, 0.15) is 108 Å². The summed E-state index contributed by atoms with van der Waals surface area (Å²) in [4.78, 5) is 40.9. The number of likely N-dealkylation sites (N-methyl/N-ethyl adjacent to an activating group) is 1. The minimum Gasteiger partial charge on any atom is -0.481 e. The van der Waals surface area contributed by atoms with E-state index in [1.807, 2.05) is 20.0 Å². The molecule has 12 atom stereocenters. The molecule has 1 heterocycles. The Hall–Kier alpha value is -1.48. The molecule has 4 fully saturated rings. The second kappa shape index (κ2) is 12.9. The van der Waals surface area contributed by atoms with E-state index in [1.54, 1.807) is 0 Å². The lowest BCUT2D eigenvalue weighted by Gasteiger charge is -2.70. The van der Waals surface area contributed by atoms with Gasteiger partial charge in [0.05, 0.1) is 25.7 Å². The van der Waals surface area contributed by atoms with Crippen LogP contribution in [0.3, 0.4) is 0 Å². The second-order valence-corrected chi connectivity index (χ2v) is 18.1. The Balaban J connectivity index is 0.00000520. The number of carboxylic acids is 1. The average molecular weight is 694 g/mol. The molecule has 0 aromatic carbocycles. The van der Waals surface area contributed by atoms with Gasteiger partial charge in [0.1, 0.15) is 12.2 Å². The molecule has 0 radical (unpaired) electrons. The number of halogens is 1. The van der Waals surface area contributed by atoms with Crippen molar-refractivity contribution in [3.63, 3.8) is 0 Å². The second-order valence-electron chi connectivity index (χ2n) is 18.1. The number of fused-ring (bicyclic) bond motifs is 3. The van der Waals surface area contributed by atoms with Crippen molar-refractivity contribution >= 4 is 30.1 Å². The lowest BCUT2D eigenvalue weighted by atomic mass is 9.34. The molecule has 2 N–H and O–H groups in total. The van der Waals surface area contributed by atoms with Crippen LogP contribution in [0.2, 0.25) is 0 Å². The summed E-state index contributed by atoms with van der Waals surface area (Å²) in [5.41, 5.74) is -2.19. The van der Waals surface area contributed by atoms with Crippen molar-refractivity contribution < 1.29 is 33.7 Å². The first-order chi connectivity index (χ1) is 21.7. The van der Waals surface area contributed by atoms with Gasteiger partial charge in [-0.15, -0.1) is 12.4 Å². The molecule has 4 aliphatic carbocycles. The van der Waals surface area contributed by atoms with Gasteiger partial charge >= 0.3 is 11.9 Å². The third-order valence-corrected chi connectivity index (χ3v) is 15.7. The van der Waals surface area contributed by atoms with Gasteiger partial charge in [0.25, 0.3) is 0 Å². The van der Waals surface area contributed by atoms with Crippen molar-refractivity contribution in [3.8, 4) is 0 Å². The SMILES string of the molecule is CN[C@](C)(CO[C@H]1[C@H](OC(C)=O)C[C@@]23COC[C@@]1(C)[C@@H]2CC[C@H]1C3=CC(=O)[C@@]2(C)[C@H](C(=O)O)[C@@](C)([C@H](C)C(C)C)CC[C@]12C)C(C)C.Cl. The van der Waals surface area contributed by atoms with Gasteiger partial charge in [0, 0.05) is 28.7 Å². The summed E-state index contributed by atoms with van der Waals surface area (Å²) in [6.07, 6.45) is 4.92. The maximum absolute atomic E-state index is 14.9. The fraction of sp³-hybridized carbons (Fsp3) is 0.872. The first-order valence-electron chi connectivity index (χ1n) is 18.2. The molecule has 5 aliphatic rings. The smallest absolute Gasteiger partial charge is 0.308 e. The van der Waals surface area contributed by atoms with Gasteiger partial charge in [0.2, 0.25) is 0 Å². The Morgan fingerprint density at radius 1 is 1.08 bits per heavy atom. The Labute approximate surface area is 295 Å². The van der Waals surface area contributed by atoms with Gasteiger partial charge in [-0.1, -0.05) is 67.9 Å². The molecule has 8 nitrogen and oxygen atoms in total. The van der Waals surface area contributed by atoms with Crippen LogP contribution < -0.4 is 5.32 Å². The Kier molecular flexibility index (Phi) is 10.6. The highest BCUT2D eigenvalue weighted by Crippen LogP contribution is 2.74. The van der Waals surface area contributed by atoms with Crippen LogP contribution in [0.15, 0.2) is 11.6 Å². The highest BCUT2D eigenvalue weighted by molar-refractivity contribution is 6.00. The quantitative estimate of drug-likeness (QED) is 0.246. The number of esters is 1. The summed E-state index contributed by atoms with van der Waals surface area (Å²) < 4.78 is 19.6. The molecule has 5 rings (SSSR count). The summed E-state index contributed by atoms with van der Waals surface area (Å²) in [7, 11) is 1.96. The molecule has 0 aromatic rings. The minimum absolute atomic E-state index is 0. The highest BCUT2D eigenvalue weighted by atomic mass is 35.5.